The van der Waals surface area contributed by atoms with E-state index in [9.17, 15) is 9.90 Å². The van der Waals surface area contributed by atoms with Crippen molar-refractivity contribution in [3.8, 4) is 5.75 Å². The summed E-state index contributed by atoms with van der Waals surface area (Å²) in [5.74, 6) is -0.221. The van der Waals surface area contributed by atoms with E-state index in [4.69, 9.17) is 4.74 Å². The van der Waals surface area contributed by atoms with Crippen molar-refractivity contribution in [2.75, 3.05) is 12.9 Å². The van der Waals surface area contributed by atoms with Crippen molar-refractivity contribution in [2.24, 2.45) is 0 Å². The van der Waals surface area contributed by atoms with Gasteiger partial charge in [-0.25, -0.2) is 4.79 Å². The van der Waals surface area contributed by atoms with Crippen LogP contribution in [0.2, 0.25) is 0 Å². The molecule has 0 radical (unpaired) electrons. The van der Waals surface area contributed by atoms with Crippen molar-refractivity contribution in [3.05, 3.63) is 59.7 Å². The standard InChI is InChI=1S/C18H21NO3S/c1-3-22-18(21)17(14-5-4-6-15(20)11-14)19-12-13-7-9-16(23-2)10-8-13/h4-11,17,19-20H,3,12H2,1-2H3. The summed E-state index contributed by atoms with van der Waals surface area (Å²) >= 11 is 1.69. The summed E-state index contributed by atoms with van der Waals surface area (Å²) in [6.07, 6.45) is 2.03. The SMILES string of the molecule is CCOC(=O)C(NCc1ccc(SC)cc1)c1cccc(O)c1. The van der Waals surface area contributed by atoms with E-state index in [-0.39, 0.29) is 11.7 Å². The molecule has 0 heterocycles. The third-order valence-corrected chi connectivity index (χ3v) is 4.14. The first-order valence-corrected chi connectivity index (χ1v) is 8.68. The van der Waals surface area contributed by atoms with E-state index in [1.54, 1.807) is 43.0 Å². The molecule has 23 heavy (non-hydrogen) atoms. The lowest BCUT2D eigenvalue weighted by Crippen LogP contribution is -2.30. The van der Waals surface area contributed by atoms with Gasteiger partial charge in [0.1, 0.15) is 11.8 Å². The van der Waals surface area contributed by atoms with Crippen molar-refractivity contribution in [1.82, 2.24) is 5.32 Å². The Kier molecular flexibility index (Phi) is 6.50. The summed E-state index contributed by atoms with van der Waals surface area (Å²) in [6.45, 7) is 2.63. The molecule has 122 valence electrons. The second kappa shape index (κ2) is 8.60. The topological polar surface area (TPSA) is 58.6 Å². The highest BCUT2D eigenvalue weighted by Crippen LogP contribution is 2.21. The Morgan fingerprint density at radius 1 is 1.26 bits per heavy atom. The number of phenolic OH excluding ortho intramolecular Hbond substituents is 1. The van der Waals surface area contributed by atoms with Gasteiger partial charge in [-0.05, 0) is 48.6 Å². The summed E-state index contributed by atoms with van der Waals surface area (Å²) in [6, 6.07) is 14.2. The molecule has 1 atom stereocenters. The number of ether oxygens (including phenoxy) is 1. The molecule has 5 heteroatoms. The molecule has 4 nitrogen and oxygen atoms in total. The zero-order valence-corrected chi connectivity index (χ0v) is 14.1. The van der Waals surface area contributed by atoms with Gasteiger partial charge in [0, 0.05) is 11.4 Å². The van der Waals surface area contributed by atoms with E-state index in [1.165, 1.54) is 4.90 Å². The first-order valence-electron chi connectivity index (χ1n) is 7.46. The van der Waals surface area contributed by atoms with Crippen LogP contribution in [-0.4, -0.2) is 23.9 Å². The van der Waals surface area contributed by atoms with Gasteiger partial charge >= 0.3 is 5.97 Å². The van der Waals surface area contributed by atoms with E-state index in [0.717, 1.165) is 5.56 Å². The number of hydrogen-bond donors (Lipinski definition) is 2. The number of rotatable bonds is 7. The highest BCUT2D eigenvalue weighted by molar-refractivity contribution is 7.98. The molecular weight excluding hydrogens is 310 g/mol. The van der Waals surface area contributed by atoms with Gasteiger partial charge in [-0.3, -0.25) is 5.32 Å². The Balaban J connectivity index is 2.12. The minimum absolute atomic E-state index is 0.128. The molecule has 0 bridgehead atoms. The number of phenols is 1. The largest absolute Gasteiger partial charge is 0.508 e. The quantitative estimate of drug-likeness (QED) is 0.601. The van der Waals surface area contributed by atoms with Gasteiger partial charge < -0.3 is 9.84 Å². The van der Waals surface area contributed by atoms with Crippen molar-refractivity contribution in [3.63, 3.8) is 0 Å². The lowest BCUT2D eigenvalue weighted by atomic mass is 10.1. The van der Waals surface area contributed by atoms with E-state index >= 15 is 0 Å². The fourth-order valence-electron chi connectivity index (χ4n) is 2.23. The van der Waals surface area contributed by atoms with Gasteiger partial charge in [-0.15, -0.1) is 11.8 Å². The van der Waals surface area contributed by atoms with Crippen LogP contribution in [0.1, 0.15) is 24.1 Å². The molecule has 0 spiro atoms. The molecule has 0 aromatic heterocycles. The Morgan fingerprint density at radius 2 is 2.00 bits per heavy atom. The molecule has 0 amide bonds. The second-order valence-corrected chi connectivity index (χ2v) is 5.89. The van der Waals surface area contributed by atoms with Gasteiger partial charge in [0.05, 0.1) is 6.61 Å². The molecule has 2 aromatic carbocycles. The molecule has 0 aliphatic rings. The van der Waals surface area contributed by atoms with Crippen LogP contribution in [0.5, 0.6) is 5.75 Å². The van der Waals surface area contributed by atoms with Gasteiger partial charge in [0.25, 0.3) is 0 Å². The van der Waals surface area contributed by atoms with E-state index in [2.05, 4.69) is 17.4 Å². The number of carbonyl (C=O) groups excluding carboxylic acids is 1. The number of esters is 1. The zero-order chi connectivity index (χ0) is 16.7. The molecule has 1 unspecified atom stereocenters. The van der Waals surface area contributed by atoms with E-state index in [1.807, 2.05) is 18.4 Å². The third kappa shape index (κ3) is 5.01. The molecular formula is C18H21NO3S. The summed E-state index contributed by atoms with van der Waals surface area (Å²) in [5.41, 5.74) is 1.77. The number of benzene rings is 2. The van der Waals surface area contributed by atoms with Crippen molar-refractivity contribution >= 4 is 17.7 Å². The van der Waals surface area contributed by atoms with Crippen LogP contribution in [0, 0.1) is 0 Å². The first-order chi connectivity index (χ1) is 11.1. The van der Waals surface area contributed by atoms with Crippen LogP contribution in [0.25, 0.3) is 0 Å². The minimum Gasteiger partial charge on any atom is -0.508 e. The maximum Gasteiger partial charge on any atom is 0.327 e. The number of carbonyl (C=O) groups is 1. The zero-order valence-electron chi connectivity index (χ0n) is 13.3. The predicted molar refractivity (Wildman–Crippen MR) is 92.5 cm³/mol. The van der Waals surface area contributed by atoms with Gasteiger partial charge in [-0.1, -0.05) is 24.3 Å². The summed E-state index contributed by atoms with van der Waals surface area (Å²) in [5, 5.41) is 12.8. The summed E-state index contributed by atoms with van der Waals surface area (Å²) in [7, 11) is 0. The smallest absolute Gasteiger partial charge is 0.327 e. The maximum atomic E-state index is 12.2. The Bertz CT molecular complexity index is 643. The van der Waals surface area contributed by atoms with Crippen molar-refractivity contribution in [1.29, 1.82) is 0 Å². The highest BCUT2D eigenvalue weighted by Gasteiger charge is 2.21. The number of aromatic hydroxyl groups is 1. The van der Waals surface area contributed by atoms with Gasteiger partial charge in [-0.2, -0.15) is 0 Å². The molecule has 0 fully saturated rings. The van der Waals surface area contributed by atoms with Crippen LogP contribution < -0.4 is 5.32 Å². The van der Waals surface area contributed by atoms with E-state index in [0.29, 0.717) is 18.7 Å². The first kappa shape index (κ1) is 17.4. The second-order valence-electron chi connectivity index (χ2n) is 5.01. The molecule has 0 aliphatic carbocycles. The maximum absolute atomic E-state index is 12.2. The molecule has 0 saturated heterocycles. The normalized spacial score (nSPS) is 11.9. The monoisotopic (exact) mass is 331 g/mol. The lowest BCUT2D eigenvalue weighted by Gasteiger charge is -2.18. The van der Waals surface area contributed by atoms with Crippen LogP contribution in [0.4, 0.5) is 0 Å². The van der Waals surface area contributed by atoms with Crippen molar-refractivity contribution < 1.29 is 14.6 Å². The van der Waals surface area contributed by atoms with Crippen LogP contribution in [-0.2, 0) is 16.1 Å². The minimum atomic E-state index is -0.609. The summed E-state index contributed by atoms with van der Waals surface area (Å²) in [4.78, 5) is 13.4. The molecule has 0 saturated carbocycles. The Labute approximate surface area is 140 Å². The number of thioether (sulfide) groups is 1. The Hall–Kier alpha value is -1.98. The van der Waals surface area contributed by atoms with Gasteiger partial charge in [0.2, 0.25) is 0 Å². The molecule has 0 aliphatic heterocycles. The van der Waals surface area contributed by atoms with Gasteiger partial charge in [0.15, 0.2) is 0 Å². The predicted octanol–water partition coefficient (Wildman–Crippen LogP) is 3.51. The van der Waals surface area contributed by atoms with E-state index < -0.39 is 6.04 Å². The fourth-order valence-corrected chi connectivity index (χ4v) is 2.64. The summed E-state index contributed by atoms with van der Waals surface area (Å²) < 4.78 is 5.14. The lowest BCUT2D eigenvalue weighted by molar-refractivity contribution is -0.145. The van der Waals surface area contributed by atoms with Crippen molar-refractivity contribution in [2.45, 2.75) is 24.4 Å². The number of nitrogens with one attached hydrogen (secondary N) is 1. The molecule has 2 rings (SSSR count). The molecule has 2 N–H and O–H groups in total. The van der Waals surface area contributed by atoms with Crippen LogP contribution in [0.3, 0.4) is 0 Å². The highest BCUT2D eigenvalue weighted by atomic mass is 32.2. The average Bonchev–Trinajstić information content (AvgIpc) is 2.56. The number of hydrogen-bond acceptors (Lipinski definition) is 5. The van der Waals surface area contributed by atoms with Crippen LogP contribution in [0.15, 0.2) is 53.4 Å². The average molecular weight is 331 g/mol. The Morgan fingerprint density at radius 3 is 2.61 bits per heavy atom. The third-order valence-electron chi connectivity index (χ3n) is 3.40. The van der Waals surface area contributed by atoms with Crippen LogP contribution >= 0.6 is 11.8 Å². The molecule has 2 aromatic rings. The fraction of sp³-hybridized carbons (Fsp3) is 0.278.